The number of nitrogens with zero attached hydrogens (tertiary/aromatic N) is 3. The molecule has 4 rings (SSSR count). The molecule has 0 radical (unpaired) electrons. The van der Waals surface area contributed by atoms with E-state index in [4.69, 9.17) is 0 Å². The van der Waals surface area contributed by atoms with Crippen LogP contribution in [0.15, 0.2) is 4.90 Å². The van der Waals surface area contributed by atoms with Gasteiger partial charge in [-0.2, -0.15) is 9.40 Å². The Bertz CT molecular complexity index is 808. The van der Waals surface area contributed by atoms with Gasteiger partial charge in [-0.05, 0) is 46.0 Å². The molecule has 1 amide bonds. The largest absolute Gasteiger partial charge is 0.341 e. The first-order chi connectivity index (χ1) is 12.9. The molecule has 3 fully saturated rings. The molecule has 3 aliphatic heterocycles. The molecule has 4 heterocycles. The number of amides is 1. The Morgan fingerprint density at radius 1 is 1.07 bits per heavy atom. The quantitative estimate of drug-likeness (QED) is 0.749. The molecule has 10 heteroatoms. The summed E-state index contributed by atoms with van der Waals surface area (Å²) in [5.41, 5.74) is 1.03. The van der Waals surface area contributed by atoms with E-state index in [1.165, 1.54) is 10.7 Å². The fourth-order valence-corrected chi connectivity index (χ4v) is 6.67. The zero-order chi connectivity index (χ0) is 19.2. The lowest BCUT2D eigenvalue weighted by molar-refractivity contribution is -0.136. The van der Waals surface area contributed by atoms with E-state index >= 15 is 0 Å². The second-order valence-corrected chi connectivity index (χ2v) is 10.1. The maximum Gasteiger partial charge on any atom is 0.246 e. The Morgan fingerprint density at radius 2 is 1.82 bits per heavy atom. The number of sulfonamides is 1. The van der Waals surface area contributed by atoms with Crippen LogP contribution in [0.1, 0.15) is 43.5 Å². The highest BCUT2D eigenvalue weighted by Gasteiger charge is 2.38. The first kappa shape index (κ1) is 21.5. The first-order valence-corrected chi connectivity index (χ1v) is 11.4. The molecule has 3 aliphatic rings. The van der Waals surface area contributed by atoms with Gasteiger partial charge in [0.25, 0.3) is 0 Å². The normalized spacial score (nSPS) is 28.6. The number of hydrogen-bond donors (Lipinski definition) is 2. The highest BCUT2D eigenvalue weighted by molar-refractivity contribution is 7.89. The van der Waals surface area contributed by atoms with Crippen molar-refractivity contribution in [1.82, 2.24) is 24.7 Å². The van der Waals surface area contributed by atoms with Crippen LogP contribution >= 0.6 is 12.4 Å². The van der Waals surface area contributed by atoms with E-state index in [1.54, 1.807) is 13.8 Å². The molecular formula is C18H30ClN5O3S. The van der Waals surface area contributed by atoms with Gasteiger partial charge in [-0.15, -0.1) is 12.4 Å². The SMILES string of the molecule is Cc1n[nH]c(C)c1S(=O)(=O)N1CCCC(C(=O)N2CCC3CCC(C2)N3)C1.Cl. The zero-order valence-electron chi connectivity index (χ0n) is 16.5. The lowest BCUT2D eigenvalue weighted by Crippen LogP contribution is -2.48. The molecule has 1 aromatic rings. The summed E-state index contributed by atoms with van der Waals surface area (Å²) in [7, 11) is -3.64. The van der Waals surface area contributed by atoms with E-state index in [9.17, 15) is 13.2 Å². The standard InChI is InChI=1S/C18H29N5O3S.ClH/c1-12-17(13(2)21-20-12)27(25,26)23-8-3-4-14(10-23)18(24)22-9-7-15-5-6-16(11-22)19-15;/h14-16,19H,3-11H2,1-2H3,(H,20,21);1H. The molecule has 158 valence electrons. The van der Waals surface area contributed by atoms with Crippen LogP contribution in [0, 0.1) is 19.8 Å². The molecular weight excluding hydrogens is 402 g/mol. The third-order valence-corrected chi connectivity index (χ3v) is 8.36. The van der Waals surface area contributed by atoms with E-state index in [0.29, 0.717) is 36.4 Å². The molecule has 1 aromatic heterocycles. The molecule has 2 N–H and O–H groups in total. The molecule has 0 spiro atoms. The molecule has 0 aliphatic carbocycles. The molecule has 0 saturated carbocycles. The molecule has 8 nitrogen and oxygen atoms in total. The number of H-pyrrole nitrogens is 1. The number of aromatic amines is 1. The first-order valence-electron chi connectivity index (χ1n) is 9.93. The number of fused-ring (bicyclic) bond motifs is 2. The van der Waals surface area contributed by atoms with Crippen molar-refractivity contribution in [3.8, 4) is 0 Å². The van der Waals surface area contributed by atoms with Gasteiger partial charge in [0.05, 0.1) is 17.3 Å². The van der Waals surface area contributed by atoms with E-state index in [2.05, 4.69) is 15.5 Å². The number of halogens is 1. The number of carbonyl (C=O) groups excluding carboxylic acids is 1. The van der Waals surface area contributed by atoms with Crippen molar-refractivity contribution in [2.24, 2.45) is 5.92 Å². The maximum atomic E-state index is 13.1. The van der Waals surface area contributed by atoms with Crippen LogP contribution in [-0.2, 0) is 14.8 Å². The van der Waals surface area contributed by atoms with Crippen molar-refractivity contribution in [2.45, 2.75) is 62.9 Å². The smallest absolute Gasteiger partial charge is 0.246 e. The lowest BCUT2D eigenvalue weighted by atomic mass is 9.97. The van der Waals surface area contributed by atoms with Crippen molar-refractivity contribution >= 4 is 28.3 Å². The number of likely N-dealkylation sites (tertiary alicyclic amines) is 1. The van der Waals surface area contributed by atoms with Crippen LogP contribution in [0.4, 0.5) is 0 Å². The van der Waals surface area contributed by atoms with Gasteiger partial charge in [0.15, 0.2) is 0 Å². The minimum Gasteiger partial charge on any atom is -0.341 e. The van der Waals surface area contributed by atoms with Gasteiger partial charge in [-0.3, -0.25) is 9.89 Å². The number of piperidine rings is 1. The number of carbonyl (C=O) groups is 1. The molecule has 3 atom stereocenters. The molecule has 28 heavy (non-hydrogen) atoms. The Kier molecular flexibility index (Phi) is 6.38. The summed E-state index contributed by atoms with van der Waals surface area (Å²) in [6, 6.07) is 0.921. The van der Waals surface area contributed by atoms with E-state index in [-0.39, 0.29) is 35.7 Å². The zero-order valence-corrected chi connectivity index (χ0v) is 18.1. The monoisotopic (exact) mass is 431 g/mol. The van der Waals surface area contributed by atoms with Gasteiger partial charge in [-0.1, -0.05) is 0 Å². The average molecular weight is 432 g/mol. The summed E-state index contributed by atoms with van der Waals surface area (Å²) >= 11 is 0. The van der Waals surface area contributed by atoms with Crippen LogP contribution in [0.3, 0.4) is 0 Å². The van der Waals surface area contributed by atoms with E-state index in [1.807, 2.05) is 4.90 Å². The van der Waals surface area contributed by atoms with Gasteiger partial charge in [0, 0.05) is 38.3 Å². The van der Waals surface area contributed by atoms with Crippen LogP contribution in [0.25, 0.3) is 0 Å². The van der Waals surface area contributed by atoms with E-state index < -0.39 is 10.0 Å². The fraction of sp³-hybridized carbons (Fsp3) is 0.778. The van der Waals surface area contributed by atoms with Crippen LogP contribution < -0.4 is 5.32 Å². The summed E-state index contributed by atoms with van der Waals surface area (Å²) in [4.78, 5) is 15.4. The van der Waals surface area contributed by atoms with Gasteiger partial charge in [-0.25, -0.2) is 8.42 Å². The Morgan fingerprint density at radius 3 is 2.54 bits per heavy atom. The van der Waals surface area contributed by atoms with Crippen LogP contribution in [0.2, 0.25) is 0 Å². The molecule has 3 saturated heterocycles. The highest BCUT2D eigenvalue weighted by atomic mass is 35.5. The summed E-state index contributed by atoms with van der Waals surface area (Å²) < 4.78 is 27.7. The predicted molar refractivity (Wildman–Crippen MR) is 108 cm³/mol. The summed E-state index contributed by atoms with van der Waals surface area (Å²) in [6.45, 7) is 5.67. The number of aromatic nitrogens is 2. The van der Waals surface area contributed by atoms with Crippen molar-refractivity contribution in [1.29, 1.82) is 0 Å². The Balaban J connectivity index is 0.00000225. The number of hydrogen-bond acceptors (Lipinski definition) is 5. The highest BCUT2D eigenvalue weighted by Crippen LogP contribution is 2.29. The molecule has 0 aromatic carbocycles. The molecule has 2 bridgehead atoms. The third-order valence-electron chi connectivity index (χ3n) is 6.23. The average Bonchev–Trinajstić information content (AvgIpc) is 3.15. The second kappa shape index (κ2) is 8.30. The minimum atomic E-state index is -3.64. The Labute approximate surface area is 172 Å². The van der Waals surface area contributed by atoms with Crippen molar-refractivity contribution in [2.75, 3.05) is 26.2 Å². The second-order valence-electron chi connectivity index (χ2n) is 8.18. The van der Waals surface area contributed by atoms with Crippen molar-refractivity contribution in [3.05, 3.63) is 11.4 Å². The van der Waals surface area contributed by atoms with E-state index in [0.717, 1.165) is 32.4 Å². The number of aryl methyl sites for hydroxylation is 2. The van der Waals surface area contributed by atoms with Gasteiger partial charge < -0.3 is 10.2 Å². The summed E-state index contributed by atoms with van der Waals surface area (Å²) in [5, 5.41) is 10.4. The fourth-order valence-electron chi connectivity index (χ4n) is 4.81. The third kappa shape index (κ3) is 3.94. The molecule has 3 unspecified atom stereocenters. The van der Waals surface area contributed by atoms with Crippen LogP contribution in [-0.4, -0.2) is 72.0 Å². The summed E-state index contributed by atoms with van der Waals surface area (Å²) in [5.74, 6) is -0.137. The Hall–Kier alpha value is -1.16. The van der Waals surface area contributed by atoms with Gasteiger partial charge in [0.1, 0.15) is 4.90 Å². The van der Waals surface area contributed by atoms with Crippen molar-refractivity contribution < 1.29 is 13.2 Å². The maximum absolute atomic E-state index is 13.1. The predicted octanol–water partition coefficient (Wildman–Crippen LogP) is 1.20. The van der Waals surface area contributed by atoms with Gasteiger partial charge >= 0.3 is 0 Å². The minimum absolute atomic E-state index is 0. The number of rotatable bonds is 3. The van der Waals surface area contributed by atoms with Crippen molar-refractivity contribution in [3.63, 3.8) is 0 Å². The number of nitrogens with one attached hydrogen (secondary N) is 2. The topological polar surface area (TPSA) is 98.4 Å². The summed E-state index contributed by atoms with van der Waals surface area (Å²) in [6.07, 6.45) is 4.78. The van der Waals surface area contributed by atoms with Crippen LogP contribution in [0.5, 0.6) is 0 Å². The van der Waals surface area contributed by atoms with Gasteiger partial charge in [0.2, 0.25) is 15.9 Å². The lowest BCUT2D eigenvalue weighted by Gasteiger charge is -2.35.